The Morgan fingerprint density at radius 1 is 1.15 bits per heavy atom. The van der Waals surface area contributed by atoms with Crippen LogP contribution in [0.15, 0.2) is 59.7 Å². The molecular formula is C19H19N5O3. The maximum absolute atomic E-state index is 12.4. The predicted octanol–water partition coefficient (Wildman–Crippen LogP) is 2.39. The molecule has 0 aliphatic carbocycles. The molecule has 1 amide bonds. The Labute approximate surface area is 155 Å². The highest BCUT2D eigenvalue weighted by atomic mass is 16.6. The van der Waals surface area contributed by atoms with Crippen molar-refractivity contribution in [1.82, 2.24) is 14.3 Å². The van der Waals surface area contributed by atoms with Crippen molar-refractivity contribution in [2.24, 2.45) is 4.99 Å². The van der Waals surface area contributed by atoms with Gasteiger partial charge in [0.2, 0.25) is 0 Å². The molecule has 8 heteroatoms. The number of nitrogens with zero attached hydrogens (tertiary/aromatic N) is 5. The Bertz CT molecular complexity index is 1050. The number of carbonyl (C=O) groups is 1. The van der Waals surface area contributed by atoms with Crippen LogP contribution >= 0.6 is 0 Å². The molecule has 0 saturated heterocycles. The minimum atomic E-state index is -0.485. The number of carbonyl (C=O) groups excluding carboxylic acids is 1. The van der Waals surface area contributed by atoms with E-state index < -0.39 is 10.8 Å². The van der Waals surface area contributed by atoms with Crippen molar-refractivity contribution in [3.63, 3.8) is 0 Å². The van der Waals surface area contributed by atoms with Crippen LogP contribution in [-0.2, 0) is 17.9 Å². The minimum absolute atomic E-state index is 0.0679. The lowest BCUT2D eigenvalue weighted by Gasteiger charge is -2.07. The van der Waals surface area contributed by atoms with E-state index in [1.165, 1.54) is 4.68 Å². The van der Waals surface area contributed by atoms with Crippen LogP contribution in [0.25, 0.3) is 0 Å². The van der Waals surface area contributed by atoms with Crippen molar-refractivity contribution in [2.45, 2.75) is 26.9 Å². The van der Waals surface area contributed by atoms with Gasteiger partial charge in [0, 0.05) is 12.7 Å². The molecule has 0 aliphatic rings. The van der Waals surface area contributed by atoms with Crippen molar-refractivity contribution >= 4 is 11.6 Å². The first kappa shape index (κ1) is 18.2. The third kappa shape index (κ3) is 4.17. The standard InChI is InChI=1S/C19H19N5O3/c1-14-19(24(26)27)15(2)23(21-14)13-18(25)20-17-10-6-7-11-22(17)12-16-8-4-3-5-9-16/h3-11H,12-13H2,1-2H3. The highest BCUT2D eigenvalue weighted by molar-refractivity contribution is 5.76. The van der Waals surface area contributed by atoms with Gasteiger partial charge in [0.15, 0.2) is 0 Å². The Balaban J connectivity index is 1.86. The largest absolute Gasteiger partial charge is 0.328 e. The molecular weight excluding hydrogens is 346 g/mol. The first-order valence-electron chi connectivity index (χ1n) is 8.41. The van der Waals surface area contributed by atoms with Crippen LogP contribution in [0.2, 0.25) is 0 Å². The second-order valence-corrected chi connectivity index (χ2v) is 6.11. The Kier molecular flexibility index (Phi) is 5.25. The summed E-state index contributed by atoms with van der Waals surface area (Å²) in [6.45, 7) is 3.55. The predicted molar refractivity (Wildman–Crippen MR) is 98.9 cm³/mol. The molecule has 0 bridgehead atoms. The number of nitro groups is 1. The van der Waals surface area contributed by atoms with Crippen LogP contribution in [0.3, 0.4) is 0 Å². The van der Waals surface area contributed by atoms with E-state index in [-0.39, 0.29) is 17.9 Å². The summed E-state index contributed by atoms with van der Waals surface area (Å²) in [5, 5.41) is 15.2. The normalized spacial score (nSPS) is 11.6. The Morgan fingerprint density at radius 2 is 1.85 bits per heavy atom. The average Bonchev–Trinajstić information content (AvgIpc) is 2.91. The highest BCUT2D eigenvalue weighted by Crippen LogP contribution is 2.21. The van der Waals surface area contributed by atoms with Crippen LogP contribution in [0, 0.1) is 24.0 Å². The molecule has 3 aromatic rings. The second-order valence-electron chi connectivity index (χ2n) is 6.11. The fourth-order valence-corrected chi connectivity index (χ4v) is 2.88. The van der Waals surface area contributed by atoms with Gasteiger partial charge in [-0.1, -0.05) is 36.4 Å². The molecule has 0 N–H and O–H groups in total. The van der Waals surface area contributed by atoms with Crippen molar-refractivity contribution < 1.29 is 9.72 Å². The van der Waals surface area contributed by atoms with E-state index in [4.69, 9.17) is 0 Å². The number of pyridine rings is 1. The van der Waals surface area contributed by atoms with Gasteiger partial charge in [0.05, 0.1) is 4.92 Å². The Hall–Kier alpha value is -3.55. The van der Waals surface area contributed by atoms with Gasteiger partial charge in [0.1, 0.15) is 23.4 Å². The molecule has 2 aromatic heterocycles. The van der Waals surface area contributed by atoms with Crippen LogP contribution in [-0.4, -0.2) is 25.2 Å². The smallest absolute Gasteiger partial charge is 0.312 e. The van der Waals surface area contributed by atoms with Crippen LogP contribution < -0.4 is 5.49 Å². The summed E-state index contributed by atoms with van der Waals surface area (Å²) in [5.41, 5.74) is 2.16. The quantitative estimate of drug-likeness (QED) is 0.512. The first-order valence-corrected chi connectivity index (χ1v) is 8.41. The van der Waals surface area contributed by atoms with Crippen molar-refractivity contribution in [3.8, 4) is 0 Å². The van der Waals surface area contributed by atoms with E-state index in [9.17, 15) is 14.9 Å². The van der Waals surface area contributed by atoms with E-state index in [0.29, 0.717) is 17.7 Å². The summed E-state index contributed by atoms with van der Waals surface area (Å²) in [6, 6.07) is 15.3. The van der Waals surface area contributed by atoms with Gasteiger partial charge in [-0.2, -0.15) is 10.1 Å². The molecule has 0 fully saturated rings. The topological polar surface area (TPSA) is 95.3 Å². The minimum Gasteiger partial charge on any atom is -0.328 e. The molecule has 0 saturated carbocycles. The Morgan fingerprint density at radius 3 is 2.52 bits per heavy atom. The molecule has 2 heterocycles. The van der Waals surface area contributed by atoms with E-state index in [1.807, 2.05) is 53.2 Å². The number of hydrogen-bond acceptors (Lipinski definition) is 4. The van der Waals surface area contributed by atoms with Gasteiger partial charge in [-0.05, 0) is 31.5 Å². The average molecular weight is 365 g/mol. The summed E-state index contributed by atoms with van der Waals surface area (Å²) in [5.74, 6) is -0.427. The van der Waals surface area contributed by atoms with E-state index in [1.54, 1.807) is 19.9 Å². The molecule has 27 heavy (non-hydrogen) atoms. The molecule has 0 aliphatic heterocycles. The van der Waals surface area contributed by atoms with Gasteiger partial charge in [-0.15, -0.1) is 0 Å². The number of aryl methyl sites for hydroxylation is 1. The number of rotatable bonds is 5. The molecule has 138 valence electrons. The van der Waals surface area contributed by atoms with Crippen molar-refractivity contribution in [2.75, 3.05) is 0 Å². The second kappa shape index (κ2) is 7.77. The van der Waals surface area contributed by atoms with Gasteiger partial charge in [0.25, 0.3) is 5.91 Å². The highest BCUT2D eigenvalue weighted by Gasteiger charge is 2.22. The summed E-state index contributed by atoms with van der Waals surface area (Å²) in [4.78, 5) is 27.2. The lowest BCUT2D eigenvalue weighted by atomic mass is 10.2. The third-order valence-corrected chi connectivity index (χ3v) is 4.16. The first-order chi connectivity index (χ1) is 13.0. The molecule has 0 spiro atoms. The lowest BCUT2D eigenvalue weighted by Crippen LogP contribution is -2.23. The monoisotopic (exact) mass is 365 g/mol. The number of hydrogen-bond donors (Lipinski definition) is 0. The van der Waals surface area contributed by atoms with Crippen LogP contribution in [0.1, 0.15) is 17.0 Å². The number of benzene rings is 1. The SMILES string of the molecule is Cc1nn(CC(=O)N=c2ccccn2Cc2ccccc2)c(C)c1[N+](=O)[O-]. The van der Waals surface area contributed by atoms with Gasteiger partial charge in [-0.3, -0.25) is 19.6 Å². The molecule has 8 nitrogen and oxygen atoms in total. The van der Waals surface area contributed by atoms with E-state index >= 15 is 0 Å². The molecule has 0 unspecified atom stereocenters. The number of aromatic nitrogens is 3. The van der Waals surface area contributed by atoms with E-state index in [0.717, 1.165) is 5.56 Å². The van der Waals surface area contributed by atoms with Crippen molar-refractivity contribution in [1.29, 1.82) is 0 Å². The molecule has 0 atom stereocenters. The van der Waals surface area contributed by atoms with Gasteiger partial charge < -0.3 is 4.57 Å². The summed E-state index contributed by atoms with van der Waals surface area (Å²) >= 11 is 0. The molecule has 0 radical (unpaired) electrons. The number of amides is 1. The summed E-state index contributed by atoms with van der Waals surface area (Å²) in [6.07, 6.45) is 1.85. The fourth-order valence-electron chi connectivity index (χ4n) is 2.88. The zero-order chi connectivity index (χ0) is 19.4. The third-order valence-electron chi connectivity index (χ3n) is 4.16. The van der Waals surface area contributed by atoms with Crippen molar-refractivity contribution in [3.05, 3.63) is 87.3 Å². The van der Waals surface area contributed by atoms with Gasteiger partial charge >= 0.3 is 5.69 Å². The summed E-state index contributed by atoms with van der Waals surface area (Å²) in [7, 11) is 0. The van der Waals surface area contributed by atoms with Gasteiger partial charge in [-0.25, -0.2) is 0 Å². The maximum Gasteiger partial charge on any atom is 0.312 e. The van der Waals surface area contributed by atoms with E-state index in [2.05, 4.69) is 10.1 Å². The van der Waals surface area contributed by atoms with Crippen LogP contribution in [0.4, 0.5) is 5.69 Å². The molecule has 1 aromatic carbocycles. The lowest BCUT2D eigenvalue weighted by molar-refractivity contribution is -0.386. The molecule has 3 rings (SSSR count). The summed E-state index contributed by atoms with van der Waals surface area (Å²) < 4.78 is 3.20. The zero-order valence-corrected chi connectivity index (χ0v) is 15.1. The van der Waals surface area contributed by atoms with Crippen LogP contribution in [0.5, 0.6) is 0 Å². The zero-order valence-electron chi connectivity index (χ0n) is 15.1. The maximum atomic E-state index is 12.4. The fraction of sp³-hybridized carbons (Fsp3) is 0.211.